The van der Waals surface area contributed by atoms with Crippen LogP contribution in [0, 0.1) is 0 Å². The lowest BCUT2D eigenvalue weighted by Gasteiger charge is -2.20. The summed E-state index contributed by atoms with van der Waals surface area (Å²) < 4.78 is 3.38. The van der Waals surface area contributed by atoms with E-state index >= 15 is 0 Å². The molecule has 40 heavy (non-hydrogen) atoms. The highest BCUT2D eigenvalue weighted by Crippen LogP contribution is 2.27. The summed E-state index contributed by atoms with van der Waals surface area (Å²) in [5.41, 5.74) is 3.46. The number of anilines is 1. The van der Waals surface area contributed by atoms with Crippen LogP contribution in [-0.4, -0.2) is 95.9 Å². The minimum atomic E-state index is -0.410. The Bertz CT molecular complexity index is 1730. The summed E-state index contributed by atoms with van der Waals surface area (Å²) in [7, 11) is 4.08. The highest BCUT2D eigenvalue weighted by molar-refractivity contribution is 6.15. The number of hydrogen-bond acceptors (Lipinski definition) is 9. The topological polar surface area (TPSA) is 143 Å². The van der Waals surface area contributed by atoms with Gasteiger partial charge in [-0.05, 0) is 57.6 Å². The van der Waals surface area contributed by atoms with Crippen LogP contribution in [0.4, 0.5) is 5.95 Å². The first-order valence-corrected chi connectivity index (χ1v) is 13.3. The summed E-state index contributed by atoms with van der Waals surface area (Å²) in [4.78, 5) is 55.2. The molecule has 1 saturated carbocycles. The molecule has 3 aliphatic rings. The number of imide groups is 1. The van der Waals surface area contributed by atoms with Crippen LogP contribution in [0.1, 0.15) is 41.6 Å². The van der Waals surface area contributed by atoms with E-state index in [1.165, 1.54) is 0 Å². The minimum absolute atomic E-state index is 0.000703. The monoisotopic (exact) mass is 540 g/mol. The number of likely N-dealkylation sites (N-methyl/N-ethyl adjacent to an activating group) is 1. The van der Waals surface area contributed by atoms with Gasteiger partial charge in [0.2, 0.25) is 17.8 Å². The number of rotatable bonds is 6. The molecule has 0 radical (unpaired) electrons. The molecule has 0 bridgehead atoms. The first-order chi connectivity index (χ1) is 19.3. The molecule has 2 saturated heterocycles. The molecular formula is C27H28N10O3. The Morgan fingerprint density at radius 1 is 1.18 bits per heavy atom. The van der Waals surface area contributed by atoms with Crippen molar-refractivity contribution in [1.82, 2.24) is 44.2 Å². The van der Waals surface area contributed by atoms with E-state index in [9.17, 15) is 14.4 Å². The zero-order valence-corrected chi connectivity index (χ0v) is 22.2. The maximum atomic E-state index is 13.2. The van der Waals surface area contributed by atoms with Crippen LogP contribution < -0.4 is 10.6 Å². The molecule has 13 heteroatoms. The fourth-order valence-corrected chi connectivity index (χ4v) is 5.24. The quantitative estimate of drug-likeness (QED) is 0.273. The van der Waals surface area contributed by atoms with Gasteiger partial charge in [-0.25, -0.2) is 4.98 Å². The Morgan fingerprint density at radius 2 is 2.02 bits per heavy atom. The van der Waals surface area contributed by atoms with Crippen molar-refractivity contribution in [3.05, 3.63) is 47.4 Å². The lowest BCUT2D eigenvalue weighted by molar-refractivity contribution is -0.124. The summed E-state index contributed by atoms with van der Waals surface area (Å²) in [6.45, 7) is 1.45. The maximum absolute atomic E-state index is 13.2. The second kappa shape index (κ2) is 9.23. The van der Waals surface area contributed by atoms with Gasteiger partial charge in [0.25, 0.3) is 11.8 Å². The Labute approximate surface area is 228 Å². The molecule has 5 heterocycles. The smallest absolute Gasteiger partial charge is 0.254 e. The van der Waals surface area contributed by atoms with Crippen molar-refractivity contribution in [1.29, 1.82) is 0 Å². The van der Waals surface area contributed by atoms with Crippen LogP contribution in [0.25, 0.3) is 28.7 Å². The van der Waals surface area contributed by atoms with Gasteiger partial charge in [-0.3, -0.25) is 24.3 Å². The van der Waals surface area contributed by atoms with Crippen LogP contribution in [0.2, 0.25) is 0 Å². The molecule has 1 atom stereocenters. The lowest BCUT2D eigenvalue weighted by Crippen LogP contribution is -2.34. The number of carbonyl (C=O) groups is 3. The Hall–Kier alpha value is -4.65. The summed E-state index contributed by atoms with van der Waals surface area (Å²) in [6.07, 6.45) is 7.95. The van der Waals surface area contributed by atoms with E-state index in [0.717, 1.165) is 31.3 Å². The van der Waals surface area contributed by atoms with Gasteiger partial charge in [0.15, 0.2) is 5.65 Å². The number of nitrogens with one attached hydrogen (secondary N) is 2. The number of amides is 3. The van der Waals surface area contributed by atoms with Crippen molar-refractivity contribution in [2.75, 3.05) is 32.5 Å². The third kappa shape index (κ3) is 4.28. The van der Waals surface area contributed by atoms with Gasteiger partial charge >= 0.3 is 0 Å². The van der Waals surface area contributed by atoms with E-state index in [2.05, 4.69) is 25.6 Å². The maximum Gasteiger partial charge on any atom is 0.254 e. The summed E-state index contributed by atoms with van der Waals surface area (Å²) in [5, 5.41) is 10.2. The van der Waals surface area contributed by atoms with Crippen LogP contribution in [0.5, 0.6) is 0 Å². The Morgan fingerprint density at radius 3 is 2.75 bits per heavy atom. The van der Waals surface area contributed by atoms with Crippen LogP contribution >= 0.6 is 0 Å². The molecule has 1 unspecified atom stereocenters. The van der Waals surface area contributed by atoms with Crippen molar-refractivity contribution in [2.45, 2.75) is 37.8 Å². The number of fused-ring (bicyclic) bond motifs is 2. The fraction of sp³-hybridized carbons (Fsp3) is 0.370. The molecule has 2 aliphatic heterocycles. The number of aromatic nitrogens is 6. The Balaban J connectivity index is 1.26. The summed E-state index contributed by atoms with van der Waals surface area (Å²) in [6, 6.07) is 6.16. The molecule has 3 amide bonds. The SMILES string of the molecule is CN(C)C1CCN(C(=O)c2ccc3c(c2)ncn3-c2nc(NC3CC3)n3ncc(/C=C4\CC(=O)NC4=O)c3n2)C1. The van der Waals surface area contributed by atoms with Crippen molar-refractivity contribution in [2.24, 2.45) is 0 Å². The summed E-state index contributed by atoms with van der Waals surface area (Å²) >= 11 is 0. The number of hydrogen-bond donors (Lipinski definition) is 2. The first kappa shape index (κ1) is 24.4. The molecule has 7 rings (SSSR count). The average molecular weight is 541 g/mol. The molecule has 2 N–H and O–H groups in total. The van der Waals surface area contributed by atoms with Gasteiger partial charge in [-0.15, -0.1) is 0 Å². The zero-order chi connectivity index (χ0) is 27.5. The molecule has 1 aliphatic carbocycles. The van der Waals surface area contributed by atoms with Gasteiger partial charge < -0.3 is 15.1 Å². The standard InChI is InChI=1S/C27H28N10O3/c1-34(2)19-7-8-35(13-19)25(40)15-3-6-21-20(10-15)28-14-36(21)26-32-23-17(9-16-11-22(38)31-24(16)39)12-29-37(23)27(33-26)30-18-4-5-18/h3,6,9-10,12,14,18-19H,4-5,7-8,11,13H2,1-2H3,(H,30,32,33)(H,31,38,39)/b16-9+. The van der Waals surface area contributed by atoms with Gasteiger partial charge in [-0.2, -0.15) is 19.6 Å². The largest absolute Gasteiger partial charge is 0.351 e. The van der Waals surface area contributed by atoms with Gasteiger partial charge in [-0.1, -0.05) is 0 Å². The van der Waals surface area contributed by atoms with E-state index in [1.807, 2.05) is 37.2 Å². The molecular weight excluding hydrogens is 512 g/mol. The fourth-order valence-electron chi connectivity index (χ4n) is 5.24. The molecule has 204 valence electrons. The van der Waals surface area contributed by atoms with Crippen LogP contribution in [-0.2, 0) is 9.59 Å². The van der Waals surface area contributed by atoms with E-state index in [4.69, 9.17) is 9.97 Å². The van der Waals surface area contributed by atoms with E-state index in [1.54, 1.807) is 27.7 Å². The summed E-state index contributed by atoms with van der Waals surface area (Å²) in [5.74, 6) is 0.159. The zero-order valence-electron chi connectivity index (χ0n) is 22.2. The van der Waals surface area contributed by atoms with Crippen molar-refractivity contribution in [3.8, 4) is 5.95 Å². The predicted octanol–water partition coefficient (Wildman–Crippen LogP) is 1.24. The molecule has 4 aromatic rings. The molecule has 1 aromatic carbocycles. The Kier molecular flexibility index (Phi) is 5.63. The molecule has 3 aromatic heterocycles. The number of likely N-dealkylation sites (tertiary alicyclic amines) is 1. The second-order valence-electron chi connectivity index (χ2n) is 10.8. The second-order valence-corrected chi connectivity index (χ2v) is 10.8. The molecule has 0 spiro atoms. The van der Waals surface area contributed by atoms with Gasteiger partial charge in [0, 0.05) is 41.9 Å². The lowest BCUT2D eigenvalue weighted by atomic mass is 10.1. The van der Waals surface area contributed by atoms with Crippen molar-refractivity contribution >= 4 is 46.4 Å². The third-order valence-corrected chi connectivity index (χ3v) is 7.71. The first-order valence-electron chi connectivity index (χ1n) is 13.3. The van der Waals surface area contributed by atoms with Gasteiger partial charge in [0.05, 0.1) is 23.7 Å². The van der Waals surface area contributed by atoms with Crippen LogP contribution in [0.15, 0.2) is 36.3 Å². The van der Waals surface area contributed by atoms with Crippen molar-refractivity contribution in [3.63, 3.8) is 0 Å². The third-order valence-electron chi connectivity index (χ3n) is 7.71. The highest BCUT2D eigenvalue weighted by Gasteiger charge is 2.29. The van der Waals surface area contributed by atoms with E-state index in [-0.39, 0.29) is 18.2 Å². The predicted molar refractivity (Wildman–Crippen MR) is 146 cm³/mol. The van der Waals surface area contributed by atoms with Crippen LogP contribution in [0.3, 0.4) is 0 Å². The van der Waals surface area contributed by atoms with Gasteiger partial charge in [0.1, 0.15) is 6.33 Å². The number of imidazole rings is 1. The highest BCUT2D eigenvalue weighted by atomic mass is 16.2. The van der Waals surface area contributed by atoms with Crippen molar-refractivity contribution < 1.29 is 14.4 Å². The van der Waals surface area contributed by atoms with E-state index in [0.29, 0.717) is 58.4 Å². The number of benzene rings is 1. The van der Waals surface area contributed by atoms with E-state index < -0.39 is 5.91 Å². The molecule has 13 nitrogen and oxygen atoms in total. The number of nitrogens with zero attached hydrogens (tertiary/aromatic N) is 8. The number of carbonyl (C=O) groups excluding carboxylic acids is 3. The average Bonchev–Trinajstić information content (AvgIpc) is 3.30. The molecule has 3 fully saturated rings. The minimum Gasteiger partial charge on any atom is -0.351 e. The normalized spacial score (nSPS) is 20.4.